The summed E-state index contributed by atoms with van der Waals surface area (Å²) in [4.78, 5) is 26.3. The highest BCUT2D eigenvalue weighted by atomic mass is 32.1. The van der Waals surface area contributed by atoms with Gasteiger partial charge in [-0.15, -0.1) is 11.3 Å². The van der Waals surface area contributed by atoms with Crippen molar-refractivity contribution < 1.29 is 4.79 Å². The molecule has 23 heavy (non-hydrogen) atoms. The lowest BCUT2D eigenvalue weighted by atomic mass is 10.4. The number of aliphatic imine (C=N–C) groups is 1. The Labute approximate surface area is 143 Å². The molecule has 0 saturated heterocycles. The Kier molecular flexibility index (Phi) is 8.02. The van der Waals surface area contributed by atoms with Crippen LogP contribution >= 0.6 is 11.3 Å². The fraction of sp³-hybridized carbons (Fsp3) is 0.688. The molecule has 1 aromatic heterocycles. The van der Waals surface area contributed by atoms with E-state index in [1.165, 1.54) is 4.88 Å². The van der Waals surface area contributed by atoms with Gasteiger partial charge in [0.2, 0.25) is 5.91 Å². The number of amides is 1. The molecule has 0 atom stereocenters. The molecule has 1 heterocycles. The maximum Gasteiger partial charge on any atom is 0.242 e. The number of hydrogen-bond acceptors (Lipinski definition) is 4. The predicted molar refractivity (Wildman–Crippen MR) is 97.0 cm³/mol. The monoisotopic (exact) mass is 339 g/mol. The van der Waals surface area contributed by atoms with Crippen LogP contribution in [0.1, 0.15) is 36.3 Å². The summed E-state index contributed by atoms with van der Waals surface area (Å²) >= 11 is 1.67. The van der Waals surface area contributed by atoms with E-state index in [4.69, 9.17) is 0 Å². The van der Waals surface area contributed by atoms with Crippen molar-refractivity contribution in [2.75, 3.05) is 33.2 Å². The highest BCUT2D eigenvalue weighted by Gasteiger charge is 2.15. The van der Waals surface area contributed by atoms with E-state index in [0.717, 1.165) is 36.3 Å². The van der Waals surface area contributed by atoms with Crippen LogP contribution in [0.5, 0.6) is 0 Å². The van der Waals surface area contributed by atoms with Crippen LogP contribution in [-0.2, 0) is 11.3 Å². The molecule has 0 saturated carbocycles. The Hall–Kier alpha value is -1.63. The second-order valence-electron chi connectivity index (χ2n) is 5.34. The lowest BCUT2D eigenvalue weighted by Gasteiger charge is -2.25. The smallest absolute Gasteiger partial charge is 0.242 e. The average molecular weight is 340 g/mol. The second-order valence-corrected chi connectivity index (χ2v) is 6.63. The molecule has 0 spiro atoms. The number of hydrogen-bond donors (Lipinski definition) is 1. The Balaban J connectivity index is 2.75. The number of aryl methyl sites for hydroxylation is 2. The van der Waals surface area contributed by atoms with Gasteiger partial charge in [-0.05, 0) is 34.6 Å². The summed E-state index contributed by atoms with van der Waals surface area (Å²) < 4.78 is 0. The average Bonchev–Trinajstić information content (AvgIpc) is 2.83. The van der Waals surface area contributed by atoms with Gasteiger partial charge >= 0.3 is 0 Å². The number of aromatic nitrogens is 1. The largest absolute Gasteiger partial charge is 0.357 e. The zero-order chi connectivity index (χ0) is 17.4. The molecule has 0 aliphatic carbocycles. The molecule has 1 rings (SSSR count). The van der Waals surface area contributed by atoms with Crippen LogP contribution in [-0.4, -0.2) is 59.9 Å². The fourth-order valence-electron chi connectivity index (χ4n) is 2.17. The summed E-state index contributed by atoms with van der Waals surface area (Å²) in [5, 5.41) is 4.24. The zero-order valence-corrected chi connectivity index (χ0v) is 16.0. The molecular formula is C16H29N5OS. The molecular weight excluding hydrogens is 310 g/mol. The molecule has 0 radical (unpaired) electrons. The van der Waals surface area contributed by atoms with Crippen LogP contribution in [0.3, 0.4) is 0 Å². The Morgan fingerprint density at radius 3 is 2.39 bits per heavy atom. The van der Waals surface area contributed by atoms with E-state index < -0.39 is 0 Å². The standard InChI is InChI=1S/C16H29N5OS/c1-7-17-16(18-10-14-19-12(4)13(5)23-14)20(6)11-15(22)21(8-2)9-3/h7-11H2,1-6H3,(H,17,18). The molecule has 0 fully saturated rings. The first kappa shape index (κ1) is 19.4. The van der Waals surface area contributed by atoms with Gasteiger partial charge in [0, 0.05) is 31.6 Å². The van der Waals surface area contributed by atoms with E-state index in [9.17, 15) is 4.79 Å². The van der Waals surface area contributed by atoms with Crippen LogP contribution in [0.15, 0.2) is 4.99 Å². The molecule has 1 amide bonds. The van der Waals surface area contributed by atoms with Crippen molar-refractivity contribution in [3.05, 3.63) is 15.6 Å². The zero-order valence-electron chi connectivity index (χ0n) is 15.1. The normalized spacial score (nSPS) is 11.5. The van der Waals surface area contributed by atoms with E-state index in [1.807, 2.05) is 44.5 Å². The molecule has 1 N–H and O–H groups in total. The summed E-state index contributed by atoms with van der Waals surface area (Å²) in [6, 6.07) is 0. The van der Waals surface area contributed by atoms with Crippen molar-refractivity contribution in [3.8, 4) is 0 Å². The Morgan fingerprint density at radius 1 is 1.26 bits per heavy atom. The lowest BCUT2D eigenvalue weighted by Crippen LogP contribution is -2.45. The minimum atomic E-state index is 0.115. The first-order valence-corrected chi connectivity index (χ1v) is 8.94. The lowest BCUT2D eigenvalue weighted by molar-refractivity contribution is -0.131. The number of guanidine groups is 1. The molecule has 6 nitrogen and oxygen atoms in total. The second kappa shape index (κ2) is 9.50. The van der Waals surface area contributed by atoms with Crippen molar-refractivity contribution in [1.29, 1.82) is 0 Å². The number of carbonyl (C=O) groups is 1. The molecule has 7 heteroatoms. The van der Waals surface area contributed by atoms with Gasteiger partial charge in [0.25, 0.3) is 0 Å². The van der Waals surface area contributed by atoms with E-state index in [2.05, 4.69) is 22.2 Å². The van der Waals surface area contributed by atoms with Gasteiger partial charge in [0.15, 0.2) is 5.96 Å². The summed E-state index contributed by atoms with van der Waals surface area (Å²) in [6.45, 7) is 13.2. The number of likely N-dealkylation sites (N-methyl/N-ethyl adjacent to an activating group) is 2. The first-order chi connectivity index (χ1) is 10.9. The maximum atomic E-state index is 12.2. The molecule has 0 unspecified atom stereocenters. The molecule has 0 bridgehead atoms. The topological polar surface area (TPSA) is 60.8 Å². The van der Waals surface area contributed by atoms with Gasteiger partial charge < -0.3 is 15.1 Å². The third kappa shape index (κ3) is 5.82. The number of nitrogens with zero attached hydrogens (tertiary/aromatic N) is 4. The first-order valence-electron chi connectivity index (χ1n) is 8.12. The maximum absolute atomic E-state index is 12.2. The van der Waals surface area contributed by atoms with Crippen molar-refractivity contribution in [1.82, 2.24) is 20.1 Å². The van der Waals surface area contributed by atoms with Crippen LogP contribution in [0.25, 0.3) is 0 Å². The van der Waals surface area contributed by atoms with Crippen molar-refractivity contribution in [2.24, 2.45) is 4.99 Å². The molecule has 1 aromatic rings. The van der Waals surface area contributed by atoms with E-state index >= 15 is 0 Å². The van der Waals surface area contributed by atoms with Gasteiger partial charge in [-0.3, -0.25) is 4.79 Å². The van der Waals surface area contributed by atoms with Crippen LogP contribution in [0.2, 0.25) is 0 Å². The van der Waals surface area contributed by atoms with Crippen molar-refractivity contribution in [2.45, 2.75) is 41.2 Å². The van der Waals surface area contributed by atoms with Crippen LogP contribution in [0, 0.1) is 13.8 Å². The minimum absolute atomic E-state index is 0.115. The van der Waals surface area contributed by atoms with Crippen LogP contribution in [0.4, 0.5) is 0 Å². The minimum Gasteiger partial charge on any atom is -0.357 e. The number of thiazole rings is 1. The van der Waals surface area contributed by atoms with Gasteiger partial charge in [0.1, 0.15) is 5.01 Å². The van der Waals surface area contributed by atoms with Gasteiger partial charge in [-0.1, -0.05) is 0 Å². The van der Waals surface area contributed by atoms with Crippen molar-refractivity contribution >= 4 is 23.2 Å². The SMILES string of the molecule is CCNC(=NCc1nc(C)c(C)s1)N(C)CC(=O)N(CC)CC. The Bertz CT molecular complexity index is 517. The van der Waals surface area contributed by atoms with E-state index in [-0.39, 0.29) is 5.91 Å². The summed E-state index contributed by atoms with van der Waals surface area (Å²) in [5.41, 5.74) is 1.07. The van der Waals surface area contributed by atoms with Gasteiger partial charge in [0.05, 0.1) is 18.8 Å². The molecule has 0 aromatic carbocycles. The fourth-order valence-corrected chi connectivity index (χ4v) is 3.03. The van der Waals surface area contributed by atoms with Gasteiger partial charge in [-0.2, -0.15) is 0 Å². The summed E-state index contributed by atoms with van der Waals surface area (Å²) in [7, 11) is 1.89. The quantitative estimate of drug-likeness (QED) is 0.610. The highest BCUT2D eigenvalue weighted by molar-refractivity contribution is 7.11. The molecule has 0 aliphatic heterocycles. The third-order valence-corrected chi connectivity index (χ3v) is 4.68. The highest BCUT2D eigenvalue weighted by Crippen LogP contribution is 2.17. The molecule has 130 valence electrons. The predicted octanol–water partition coefficient (Wildman–Crippen LogP) is 2.03. The third-order valence-electron chi connectivity index (χ3n) is 3.62. The summed E-state index contributed by atoms with van der Waals surface area (Å²) in [6.07, 6.45) is 0. The van der Waals surface area contributed by atoms with Crippen LogP contribution < -0.4 is 5.32 Å². The van der Waals surface area contributed by atoms with E-state index in [1.54, 1.807) is 11.3 Å². The molecule has 0 aliphatic rings. The van der Waals surface area contributed by atoms with Crippen molar-refractivity contribution in [3.63, 3.8) is 0 Å². The Morgan fingerprint density at radius 2 is 1.91 bits per heavy atom. The van der Waals surface area contributed by atoms with E-state index in [0.29, 0.717) is 13.1 Å². The number of carbonyl (C=O) groups excluding carboxylic acids is 1. The number of rotatable bonds is 7. The number of nitrogens with one attached hydrogen (secondary N) is 1. The summed E-state index contributed by atoms with van der Waals surface area (Å²) in [5.74, 6) is 0.850. The van der Waals surface area contributed by atoms with Gasteiger partial charge in [-0.25, -0.2) is 9.98 Å².